The summed E-state index contributed by atoms with van der Waals surface area (Å²) in [5, 5.41) is 0. The molecular formula is C74H49BN6. The Morgan fingerprint density at radius 3 is 0.815 bits per heavy atom. The summed E-state index contributed by atoms with van der Waals surface area (Å²) in [5.74, 6) is 0. The van der Waals surface area contributed by atoms with Crippen molar-refractivity contribution >= 4 is 57.2 Å². The van der Waals surface area contributed by atoms with Gasteiger partial charge in [0, 0.05) is 55.9 Å². The van der Waals surface area contributed by atoms with E-state index in [1.54, 1.807) is 0 Å². The zero-order valence-electron chi connectivity index (χ0n) is 44.1. The average molecular weight is 1030 g/mol. The minimum absolute atomic E-state index is 0.317. The molecular weight excluding hydrogens is 984 g/mol. The van der Waals surface area contributed by atoms with Gasteiger partial charge in [0.15, 0.2) is 0 Å². The first-order chi connectivity index (χ1) is 40.2. The molecule has 0 fully saturated rings. The highest BCUT2D eigenvalue weighted by Crippen LogP contribution is 2.54. The highest BCUT2D eigenvalue weighted by atomic mass is 15.2. The molecule has 0 atom stereocenters. The van der Waals surface area contributed by atoms with E-state index in [0.717, 1.165) is 141 Å². The first kappa shape index (κ1) is 47.5. The Labute approximate surface area is 471 Å². The number of hydrogen-bond donors (Lipinski definition) is 0. The summed E-state index contributed by atoms with van der Waals surface area (Å²) in [7, 11) is 0. The lowest BCUT2D eigenvalue weighted by molar-refractivity contribution is 1.22. The average Bonchev–Trinajstić information content (AvgIpc) is 1.80. The molecule has 0 N–H and O–H groups in total. The van der Waals surface area contributed by atoms with Gasteiger partial charge in [-0.25, -0.2) is 19.9 Å². The molecule has 0 spiro atoms. The molecule has 0 aliphatic carbocycles. The van der Waals surface area contributed by atoms with Crippen LogP contribution in [0, 0.1) is 0 Å². The predicted molar refractivity (Wildman–Crippen MR) is 335 cm³/mol. The molecule has 81 heavy (non-hydrogen) atoms. The Kier molecular flexibility index (Phi) is 11.9. The standard InChI is InChI=1S/C74H49BN6/c1-7-25-50(26-8-1)62-41-21-45-66(76-62)56-37-19-39-60-71(56)80(54-33-15-5-16-34-54)73-58(68-47-23-43-64(78-68)52-29-11-3-12-30-52)49-59(69-48-24-44-65(79-69)53-31-13-4-14-32-53)74-70(73)75(60)61-40-20-38-57(72(61)81(74)55-35-17-6-18-36-55)67-46-22-42-63(77-67)51-27-9-2-10-28-51/h1-49H. The van der Waals surface area contributed by atoms with Crippen molar-refractivity contribution in [2.75, 3.05) is 9.80 Å². The van der Waals surface area contributed by atoms with E-state index in [2.05, 4.69) is 307 Å². The lowest BCUT2D eigenvalue weighted by atomic mass is 9.32. The molecule has 0 amide bonds. The Morgan fingerprint density at radius 1 is 0.222 bits per heavy atom. The molecule has 0 unspecified atom stereocenters. The van der Waals surface area contributed by atoms with Gasteiger partial charge in [0.1, 0.15) is 0 Å². The molecule has 0 bridgehead atoms. The highest BCUT2D eigenvalue weighted by molar-refractivity contribution is 7.01. The van der Waals surface area contributed by atoms with E-state index in [1.165, 1.54) is 0 Å². The number of fused-ring (bicyclic) bond motifs is 4. The van der Waals surface area contributed by atoms with Gasteiger partial charge in [-0.1, -0.05) is 218 Å². The fraction of sp³-hybridized carbons (Fsp3) is 0. The number of nitrogens with zero attached hydrogens (tertiary/aromatic N) is 6. The molecule has 6 nitrogen and oxygen atoms in total. The largest absolute Gasteiger partial charge is 0.310 e. The SMILES string of the molecule is c1ccc(-c2cccc(-c3cccc4c3N(c3ccccc3)c3c(-c5cccc(-c6ccccc6)n5)cc(-c5cccc(-c6ccccc6)n5)c5c3B4c3cccc(-c4cccc(-c6ccccc6)n4)c3N5c3ccccc3)n2)cc1. The zero-order valence-corrected chi connectivity index (χ0v) is 44.1. The summed E-state index contributed by atoms with van der Waals surface area (Å²) in [5.41, 5.74) is 24.8. The minimum atomic E-state index is -0.317. The first-order valence-electron chi connectivity index (χ1n) is 27.5. The van der Waals surface area contributed by atoms with Crippen molar-refractivity contribution in [1.29, 1.82) is 0 Å². The van der Waals surface area contributed by atoms with E-state index in [4.69, 9.17) is 19.9 Å². The van der Waals surface area contributed by atoms with Crippen molar-refractivity contribution in [3.8, 4) is 90.1 Å². The third-order valence-electron chi connectivity index (χ3n) is 15.7. The first-order valence-corrected chi connectivity index (χ1v) is 27.5. The van der Waals surface area contributed by atoms with E-state index in [-0.39, 0.29) is 6.71 Å². The maximum Gasteiger partial charge on any atom is 0.252 e. The monoisotopic (exact) mass is 1030 g/mol. The van der Waals surface area contributed by atoms with Gasteiger partial charge in [0.05, 0.1) is 68.3 Å². The van der Waals surface area contributed by atoms with Gasteiger partial charge < -0.3 is 9.80 Å². The maximum absolute atomic E-state index is 5.66. The van der Waals surface area contributed by atoms with Crippen LogP contribution < -0.4 is 26.2 Å². The summed E-state index contributed by atoms with van der Waals surface area (Å²) >= 11 is 0. The normalized spacial score (nSPS) is 12.1. The second kappa shape index (κ2) is 20.2. The third-order valence-corrected chi connectivity index (χ3v) is 15.7. The molecule has 2 aliphatic rings. The van der Waals surface area contributed by atoms with Crippen molar-refractivity contribution in [2.45, 2.75) is 0 Å². The van der Waals surface area contributed by atoms with E-state index in [0.29, 0.717) is 0 Å². The number of anilines is 6. The zero-order chi connectivity index (χ0) is 53.6. The highest BCUT2D eigenvalue weighted by Gasteiger charge is 2.47. The smallest absolute Gasteiger partial charge is 0.252 e. The van der Waals surface area contributed by atoms with Crippen LogP contribution in [0.25, 0.3) is 90.1 Å². The van der Waals surface area contributed by atoms with Crippen molar-refractivity contribution in [3.05, 3.63) is 297 Å². The molecule has 15 rings (SSSR count). The second-order valence-corrected chi connectivity index (χ2v) is 20.4. The number of benzene rings is 9. The number of hydrogen-bond acceptors (Lipinski definition) is 6. The van der Waals surface area contributed by atoms with E-state index < -0.39 is 0 Å². The Balaban J connectivity index is 1.11. The predicted octanol–water partition coefficient (Wildman–Crippen LogP) is 16.7. The van der Waals surface area contributed by atoms with Crippen molar-refractivity contribution in [1.82, 2.24) is 19.9 Å². The number of aromatic nitrogens is 4. The van der Waals surface area contributed by atoms with Gasteiger partial charge in [0.25, 0.3) is 6.71 Å². The van der Waals surface area contributed by atoms with Gasteiger partial charge in [-0.2, -0.15) is 0 Å². The van der Waals surface area contributed by atoms with Crippen LogP contribution in [0.15, 0.2) is 297 Å². The Morgan fingerprint density at radius 2 is 0.494 bits per heavy atom. The summed E-state index contributed by atoms with van der Waals surface area (Å²) in [6.45, 7) is -0.317. The van der Waals surface area contributed by atoms with Crippen LogP contribution in [0.1, 0.15) is 0 Å². The number of para-hydroxylation sites is 4. The van der Waals surface area contributed by atoms with Crippen LogP contribution in [-0.4, -0.2) is 26.6 Å². The molecule has 7 heteroatoms. The van der Waals surface area contributed by atoms with Gasteiger partial charge in [-0.05, 0) is 95.3 Å². The van der Waals surface area contributed by atoms with Crippen LogP contribution in [0.3, 0.4) is 0 Å². The lowest BCUT2D eigenvalue weighted by Crippen LogP contribution is -2.62. The van der Waals surface area contributed by atoms with Crippen molar-refractivity contribution in [3.63, 3.8) is 0 Å². The number of rotatable bonds is 10. The molecule has 4 aromatic heterocycles. The molecule has 2 aliphatic heterocycles. The summed E-state index contributed by atoms with van der Waals surface area (Å²) in [6.07, 6.45) is 0. The Bertz CT molecular complexity index is 4180. The van der Waals surface area contributed by atoms with E-state index in [9.17, 15) is 0 Å². The molecule has 9 aromatic carbocycles. The maximum atomic E-state index is 5.66. The van der Waals surface area contributed by atoms with Crippen LogP contribution in [-0.2, 0) is 0 Å². The molecule has 6 heterocycles. The van der Waals surface area contributed by atoms with Crippen LogP contribution in [0.5, 0.6) is 0 Å². The topological polar surface area (TPSA) is 58.0 Å². The minimum Gasteiger partial charge on any atom is -0.310 e. The third kappa shape index (κ3) is 8.38. The molecule has 13 aromatic rings. The van der Waals surface area contributed by atoms with Gasteiger partial charge in [-0.3, -0.25) is 0 Å². The molecule has 378 valence electrons. The van der Waals surface area contributed by atoms with E-state index >= 15 is 0 Å². The van der Waals surface area contributed by atoms with Crippen LogP contribution in [0.2, 0.25) is 0 Å². The van der Waals surface area contributed by atoms with Gasteiger partial charge in [-0.15, -0.1) is 0 Å². The summed E-state index contributed by atoms with van der Waals surface area (Å²) in [4.78, 5) is 27.4. The van der Waals surface area contributed by atoms with Crippen molar-refractivity contribution in [2.24, 2.45) is 0 Å². The number of pyridine rings is 4. The lowest BCUT2D eigenvalue weighted by Gasteiger charge is -2.46. The van der Waals surface area contributed by atoms with Crippen LogP contribution in [0.4, 0.5) is 34.1 Å². The molecule has 0 radical (unpaired) electrons. The summed E-state index contributed by atoms with van der Waals surface area (Å²) < 4.78 is 0. The fourth-order valence-corrected chi connectivity index (χ4v) is 12.1. The molecule has 0 saturated carbocycles. The van der Waals surface area contributed by atoms with Gasteiger partial charge >= 0.3 is 0 Å². The summed E-state index contributed by atoms with van der Waals surface area (Å²) in [6, 6.07) is 105. The van der Waals surface area contributed by atoms with Gasteiger partial charge in [0.2, 0.25) is 0 Å². The quantitative estimate of drug-likeness (QED) is 0.127. The van der Waals surface area contributed by atoms with Crippen LogP contribution >= 0.6 is 0 Å². The second-order valence-electron chi connectivity index (χ2n) is 20.4. The molecule has 0 saturated heterocycles. The van der Waals surface area contributed by atoms with E-state index in [1.807, 2.05) is 0 Å². The fourth-order valence-electron chi connectivity index (χ4n) is 12.1. The Hall–Kier alpha value is -10.8. The van der Waals surface area contributed by atoms with Crippen molar-refractivity contribution < 1.29 is 0 Å².